The van der Waals surface area contributed by atoms with Crippen molar-refractivity contribution in [1.82, 2.24) is 0 Å². The maximum Gasteiger partial charge on any atom is 0.344 e. The van der Waals surface area contributed by atoms with Crippen molar-refractivity contribution in [3.05, 3.63) is 87.2 Å². The number of rotatable bonds is 2. The van der Waals surface area contributed by atoms with Crippen LogP contribution in [0.3, 0.4) is 0 Å². The van der Waals surface area contributed by atoms with E-state index in [1.165, 1.54) is 12.1 Å². The van der Waals surface area contributed by atoms with Gasteiger partial charge in [-0.2, -0.15) is 0 Å². The van der Waals surface area contributed by atoms with Gasteiger partial charge in [-0.25, -0.2) is 4.79 Å². The molecule has 5 heteroatoms. The smallest absolute Gasteiger partial charge is 0.344 e. The first kappa shape index (κ1) is 16.7. The van der Waals surface area contributed by atoms with Gasteiger partial charge in [-0.15, -0.1) is 0 Å². The fourth-order valence-electron chi connectivity index (χ4n) is 3.03. The lowest BCUT2D eigenvalue weighted by atomic mass is 9.93. The Morgan fingerprint density at radius 1 is 0.808 bits per heavy atom. The molecule has 0 unspecified atom stereocenters. The summed E-state index contributed by atoms with van der Waals surface area (Å²) in [7, 11) is 0. The Bertz CT molecular complexity index is 1160. The van der Waals surface area contributed by atoms with Crippen molar-refractivity contribution in [1.29, 1.82) is 0 Å². The van der Waals surface area contributed by atoms with Crippen molar-refractivity contribution in [3.8, 4) is 28.0 Å². The number of phenolic OH excluding ortho intramolecular Hbond substituents is 1. The highest BCUT2D eigenvalue weighted by Gasteiger charge is 2.20. The van der Waals surface area contributed by atoms with Crippen LogP contribution in [0, 0.1) is 0 Å². The van der Waals surface area contributed by atoms with Crippen LogP contribution in [-0.2, 0) is 0 Å². The van der Waals surface area contributed by atoms with Crippen molar-refractivity contribution in [2.75, 3.05) is 0 Å². The predicted molar refractivity (Wildman–Crippen MR) is 105 cm³/mol. The van der Waals surface area contributed by atoms with Gasteiger partial charge in [0.15, 0.2) is 5.58 Å². The van der Waals surface area contributed by atoms with Gasteiger partial charge in [0.1, 0.15) is 5.75 Å². The molecule has 0 bridgehead atoms. The van der Waals surface area contributed by atoms with Crippen LogP contribution >= 0.6 is 23.2 Å². The third-order valence-electron chi connectivity index (χ3n) is 4.15. The SMILES string of the molecule is O=c1oc2c(Cl)cc(Cl)cc2c(-c2ccccc2)c1-c1ccc(O)cc1. The van der Waals surface area contributed by atoms with Crippen molar-refractivity contribution >= 4 is 34.2 Å². The van der Waals surface area contributed by atoms with Crippen LogP contribution in [0.15, 0.2) is 75.9 Å². The molecule has 0 aliphatic heterocycles. The quantitative estimate of drug-likeness (QED) is 0.423. The predicted octanol–water partition coefficient (Wildman–Crippen LogP) is 6.14. The summed E-state index contributed by atoms with van der Waals surface area (Å²) in [6.45, 7) is 0. The fraction of sp³-hybridized carbons (Fsp3) is 0. The molecule has 3 nitrogen and oxygen atoms in total. The number of aromatic hydroxyl groups is 1. The maximum absolute atomic E-state index is 12.8. The third-order valence-corrected chi connectivity index (χ3v) is 4.64. The molecular formula is C21H12Cl2O3. The molecule has 0 aliphatic rings. The number of benzene rings is 3. The molecule has 4 aromatic rings. The second kappa shape index (κ2) is 6.52. The van der Waals surface area contributed by atoms with Gasteiger partial charge in [0.2, 0.25) is 0 Å². The lowest BCUT2D eigenvalue weighted by molar-refractivity contribution is 0.475. The summed E-state index contributed by atoms with van der Waals surface area (Å²) in [6.07, 6.45) is 0. The maximum atomic E-state index is 12.8. The highest BCUT2D eigenvalue weighted by molar-refractivity contribution is 6.38. The largest absolute Gasteiger partial charge is 0.508 e. The van der Waals surface area contributed by atoms with Gasteiger partial charge >= 0.3 is 5.63 Å². The molecular weight excluding hydrogens is 371 g/mol. The average molecular weight is 383 g/mol. The lowest BCUT2D eigenvalue weighted by Gasteiger charge is -2.13. The highest BCUT2D eigenvalue weighted by atomic mass is 35.5. The summed E-state index contributed by atoms with van der Waals surface area (Å²) in [5.41, 5.74) is 2.34. The molecule has 4 rings (SSSR count). The monoisotopic (exact) mass is 382 g/mol. The van der Waals surface area contributed by atoms with E-state index in [1.807, 2.05) is 30.3 Å². The van der Waals surface area contributed by atoms with E-state index in [-0.39, 0.29) is 10.8 Å². The Morgan fingerprint density at radius 3 is 2.15 bits per heavy atom. The Balaban J connectivity index is 2.19. The van der Waals surface area contributed by atoms with Gasteiger partial charge in [-0.05, 0) is 35.4 Å². The summed E-state index contributed by atoms with van der Waals surface area (Å²) >= 11 is 12.5. The molecule has 0 amide bonds. The average Bonchev–Trinajstić information content (AvgIpc) is 2.63. The zero-order chi connectivity index (χ0) is 18.3. The second-order valence-electron chi connectivity index (χ2n) is 5.82. The van der Waals surface area contributed by atoms with E-state index >= 15 is 0 Å². The van der Waals surface area contributed by atoms with Gasteiger partial charge in [0, 0.05) is 16.0 Å². The molecule has 128 valence electrons. The van der Waals surface area contributed by atoms with Crippen molar-refractivity contribution in [2.24, 2.45) is 0 Å². The first-order valence-electron chi connectivity index (χ1n) is 7.85. The number of halogens is 2. The van der Waals surface area contributed by atoms with Crippen LogP contribution in [0.25, 0.3) is 33.2 Å². The molecule has 1 aromatic heterocycles. The molecule has 1 heterocycles. The topological polar surface area (TPSA) is 50.4 Å². The van der Waals surface area contributed by atoms with Crippen LogP contribution in [0.2, 0.25) is 10.0 Å². The molecule has 3 aromatic carbocycles. The number of fused-ring (bicyclic) bond motifs is 1. The van der Waals surface area contributed by atoms with Crippen LogP contribution in [0.5, 0.6) is 5.75 Å². The summed E-state index contributed by atoms with van der Waals surface area (Å²) < 4.78 is 5.52. The van der Waals surface area contributed by atoms with E-state index < -0.39 is 5.63 Å². The van der Waals surface area contributed by atoms with E-state index in [1.54, 1.807) is 24.3 Å². The van der Waals surface area contributed by atoms with Gasteiger partial charge in [-0.3, -0.25) is 0 Å². The summed E-state index contributed by atoms with van der Waals surface area (Å²) in [5.74, 6) is 0.117. The Hall–Kier alpha value is -2.75. The number of hydrogen-bond donors (Lipinski definition) is 1. The van der Waals surface area contributed by atoms with Crippen molar-refractivity contribution in [3.63, 3.8) is 0 Å². The lowest BCUT2D eigenvalue weighted by Crippen LogP contribution is -2.06. The van der Waals surface area contributed by atoms with E-state index in [0.29, 0.717) is 32.7 Å². The molecule has 26 heavy (non-hydrogen) atoms. The van der Waals surface area contributed by atoms with E-state index in [0.717, 1.165) is 5.56 Å². The molecule has 0 saturated heterocycles. The van der Waals surface area contributed by atoms with Crippen LogP contribution < -0.4 is 5.63 Å². The van der Waals surface area contributed by atoms with Crippen LogP contribution in [0.1, 0.15) is 0 Å². The summed E-state index contributed by atoms with van der Waals surface area (Å²) in [4.78, 5) is 12.8. The Morgan fingerprint density at radius 2 is 1.46 bits per heavy atom. The number of phenols is 1. The second-order valence-corrected chi connectivity index (χ2v) is 6.66. The minimum Gasteiger partial charge on any atom is -0.508 e. The minimum atomic E-state index is -0.508. The van der Waals surface area contributed by atoms with Crippen LogP contribution in [0.4, 0.5) is 0 Å². The molecule has 0 radical (unpaired) electrons. The van der Waals surface area contributed by atoms with Gasteiger partial charge in [-0.1, -0.05) is 65.7 Å². The van der Waals surface area contributed by atoms with Gasteiger partial charge in [0.25, 0.3) is 0 Å². The Kier molecular flexibility index (Phi) is 4.19. The summed E-state index contributed by atoms with van der Waals surface area (Å²) in [5, 5.41) is 10.9. The normalized spacial score (nSPS) is 11.0. The minimum absolute atomic E-state index is 0.117. The molecule has 0 spiro atoms. The number of hydrogen-bond acceptors (Lipinski definition) is 3. The zero-order valence-corrected chi connectivity index (χ0v) is 14.9. The van der Waals surface area contributed by atoms with Gasteiger partial charge < -0.3 is 9.52 Å². The molecule has 0 atom stereocenters. The third kappa shape index (κ3) is 2.85. The van der Waals surface area contributed by atoms with E-state index in [4.69, 9.17) is 27.6 Å². The Labute approximate surface area is 159 Å². The zero-order valence-electron chi connectivity index (χ0n) is 13.4. The van der Waals surface area contributed by atoms with Gasteiger partial charge in [0.05, 0.1) is 10.6 Å². The molecule has 0 saturated carbocycles. The standard InChI is InChI=1S/C21H12Cl2O3/c22-14-10-16-18(12-4-2-1-3-5-12)19(13-6-8-15(24)9-7-13)21(25)26-20(16)17(23)11-14/h1-11,24H. The molecule has 0 fully saturated rings. The van der Waals surface area contributed by atoms with E-state index in [9.17, 15) is 9.90 Å². The van der Waals surface area contributed by atoms with Crippen molar-refractivity contribution in [2.45, 2.75) is 0 Å². The first-order chi connectivity index (χ1) is 12.5. The summed E-state index contributed by atoms with van der Waals surface area (Å²) in [6, 6.07) is 19.2. The highest BCUT2D eigenvalue weighted by Crippen LogP contribution is 2.39. The van der Waals surface area contributed by atoms with Crippen LogP contribution in [-0.4, -0.2) is 5.11 Å². The molecule has 1 N–H and O–H groups in total. The van der Waals surface area contributed by atoms with E-state index in [2.05, 4.69) is 0 Å². The fourth-order valence-corrected chi connectivity index (χ4v) is 3.56. The molecule has 0 aliphatic carbocycles. The van der Waals surface area contributed by atoms with Crippen molar-refractivity contribution < 1.29 is 9.52 Å². The first-order valence-corrected chi connectivity index (χ1v) is 8.61.